The summed E-state index contributed by atoms with van der Waals surface area (Å²) in [5.74, 6) is 0.865. The average Bonchev–Trinajstić information content (AvgIpc) is 3.13. The summed E-state index contributed by atoms with van der Waals surface area (Å²) in [6, 6.07) is 8.09. The maximum Gasteiger partial charge on any atom is 0.0724 e. The van der Waals surface area contributed by atoms with E-state index in [0.717, 1.165) is 34.7 Å². The number of nitrogens with two attached hydrogens (primary N) is 1. The molecule has 0 bridgehead atoms. The first-order valence-electron chi connectivity index (χ1n) is 6.10. The smallest absolute Gasteiger partial charge is 0.0724 e. The minimum atomic E-state index is 0.846. The van der Waals surface area contributed by atoms with Crippen molar-refractivity contribution in [2.75, 3.05) is 24.2 Å². The van der Waals surface area contributed by atoms with Crippen molar-refractivity contribution in [1.29, 1.82) is 0 Å². The zero-order chi connectivity index (χ0) is 11.8. The number of anilines is 2. The first-order valence-corrected chi connectivity index (χ1v) is 6.10. The molecule has 1 aromatic heterocycles. The van der Waals surface area contributed by atoms with Crippen LogP contribution in [-0.2, 0) is 0 Å². The molecule has 3 rings (SSSR count). The molecule has 17 heavy (non-hydrogen) atoms. The summed E-state index contributed by atoms with van der Waals surface area (Å²) < 4.78 is 0. The van der Waals surface area contributed by atoms with E-state index < -0.39 is 0 Å². The molecule has 1 aliphatic carbocycles. The number of hydrogen-bond acceptors (Lipinski definition) is 3. The van der Waals surface area contributed by atoms with Crippen LogP contribution in [-0.4, -0.2) is 18.6 Å². The molecule has 0 aliphatic heterocycles. The van der Waals surface area contributed by atoms with Gasteiger partial charge in [0.2, 0.25) is 0 Å². The highest BCUT2D eigenvalue weighted by molar-refractivity contribution is 5.97. The molecular formula is C14H17N3. The minimum absolute atomic E-state index is 0.846. The summed E-state index contributed by atoms with van der Waals surface area (Å²) in [6.45, 7) is 1.11. The highest BCUT2D eigenvalue weighted by Gasteiger charge is 2.23. The van der Waals surface area contributed by atoms with E-state index in [0.29, 0.717) is 0 Å². The van der Waals surface area contributed by atoms with Crippen molar-refractivity contribution in [3.8, 4) is 0 Å². The molecular weight excluding hydrogens is 210 g/mol. The van der Waals surface area contributed by atoms with Gasteiger partial charge < -0.3 is 10.6 Å². The number of nitrogen functional groups attached to an aromatic ring is 1. The summed E-state index contributed by atoms with van der Waals surface area (Å²) in [4.78, 5) is 6.58. The van der Waals surface area contributed by atoms with Gasteiger partial charge in [-0.25, -0.2) is 0 Å². The van der Waals surface area contributed by atoms with Crippen LogP contribution in [0, 0.1) is 5.92 Å². The zero-order valence-corrected chi connectivity index (χ0v) is 10.1. The van der Waals surface area contributed by atoms with Gasteiger partial charge in [0, 0.05) is 25.2 Å². The normalized spacial score (nSPS) is 15.1. The van der Waals surface area contributed by atoms with Crippen molar-refractivity contribution in [3.05, 3.63) is 30.5 Å². The topological polar surface area (TPSA) is 42.2 Å². The second-order valence-electron chi connectivity index (χ2n) is 4.89. The number of benzene rings is 1. The predicted molar refractivity (Wildman–Crippen MR) is 72.1 cm³/mol. The van der Waals surface area contributed by atoms with Gasteiger partial charge in [0.05, 0.1) is 16.9 Å². The van der Waals surface area contributed by atoms with Crippen molar-refractivity contribution >= 4 is 22.3 Å². The Kier molecular flexibility index (Phi) is 2.39. The lowest BCUT2D eigenvalue weighted by molar-refractivity contribution is 0.788. The number of hydrogen-bond donors (Lipinski definition) is 1. The molecule has 0 atom stereocenters. The molecule has 1 heterocycles. The van der Waals surface area contributed by atoms with E-state index in [-0.39, 0.29) is 0 Å². The maximum absolute atomic E-state index is 6.23. The third-order valence-electron chi connectivity index (χ3n) is 3.44. The summed E-state index contributed by atoms with van der Waals surface area (Å²) in [5.41, 5.74) is 9.17. The van der Waals surface area contributed by atoms with Crippen LogP contribution in [0.1, 0.15) is 12.8 Å². The number of fused-ring (bicyclic) bond motifs is 1. The Balaban J connectivity index is 2.01. The predicted octanol–water partition coefficient (Wildman–Crippen LogP) is 2.66. The van der Waals surface area contributed by atoms with E-state index in [4.69, 9.17) is 5.73 Å². The standard InChI is InChI=1S/C14H17N3/c1-17(9-10-4-5-10)13-7-6-12-11(14(13)15)3-2-8-16-12/h2-3,6-8,10H,4-5,9,15H2,1H3. The van der Waals surface area contributed by atoms with E-state index >= 15 is 0 Å². The largest absolute Gasteiger partial charge is 0.396 e. The molecule has 0 radical (unpaired) electrons. The van der Waals surface area contributed by atoms with Crippen LogP contribution in [0.25, 0.3) is 10.9 Å². The monoisotopic (exact) mass is 227 g/mol. The van der Waals surface area contributed by atoms with Gasteiger partial charge in [-0.05, 0) is 43.0 Å². The third kappa shape index (κ3) is 1.93. The van der Waals surface area contributed by atoms with Crippen molar-refractivity contribution in [2.24, 2.45) is 5.92 Å². The van der Waals surface area contributed by atoms with Gasteiger partial charge in [-0.1, -0.05) is 0 Å². The lowest BCUT2D eigenvalue weighted by atomic mass is 10.1. The van der Waals surface area contributed by atoms with Crippen LogP contribution >= 0.6 is 0 Å². The van der Waals surface area contributed by atoms with Gasteiger partial charge >= 0.3 is 0 Å². The zero-order valence-electron chi connectivity index (χ0n) is 10.1. The minimum Gasteiger partial charge on any atom is -0.396 e. The number of rotatable bonds is 3. The van der Waals surface area contributed by atoms with Crippen molar-refractivity contribution in [2.45, 2.75) is 12.8 Å². The van der Waals surface area contributed by atoms with Crippen LogP contribution in [0.4, 0.5) is 11.4 Å². The second kappa shape index (κ2) is 3.91. The Labute approximate surface area is 101 Å². The fraction of sp³-hybridized carbons (Fsp3) is 0.357. The van der Waals surface area contributed by atoms with Crippen LogP contribution in [0.5, 0.6) is 0 Å². The molecule has 1 aromatic carbocycles. The van der Waals surface area contributed by atoms with Crippen molar-refractivity contribution < 1.29 is 0 Å². The highest BCUT2D eigenvalue weighted by atomic mass is 15.1. The fourth-order valence-electron chi connectivity index (χ4n) is 2.28. The summed E-state index contributed by atoms with van der Waals surface area (Å²) in [5, 5.41) is 1.05. The maximum atomic E-state index is 6.23. The van der Waals surface area contributed by atoms with Gasteiger partial charge in [0.15, 0.2) is 0 Å². The molecule has 88 valence electrons. The number of pyridine rings is 1. The van der Waals surface area contributed by atoms with Crippen LogP contribution < -0.4 is 10.6 Å². The van der Waals surface area contributed by atoms with E-state index in [2.05, 4.69) is 23.0 Å². The van der Waals surface area contributed by atoms with Crippen LogP contribution in [0.2, 0.25) is 0 Å². The van der Waals surface area contributed by atoms with E-state index in [9.17, 15) is 0 Å². The number of nitrogens with zero attached hydrogens (tertiary/aromatic N) is 2. The first kappa shape index (κ1) is 10.4. The molecule has 2 aromatic rings. The fourth-order valence-corrected chi connectivity index (χ4v) is 2.28. The number of aromatic nitrogens is 1. The molecule has 3 heteroatoms. The van der Waals surface area contributed by atoms with Crippen molar-refractivity contribution in [1.82, 2.24) is 4.98 Å². The summed E-state index contributed by atoms with van der Waals surface area (Å²) in [6.07, 6.45) is 4.52. The Morgan fingerprint density at radius 1 is 1.35 bits per heavy atom. The molecule has 0 amide bonds. The van der Waals surface area contributed by atoms with Gasteiger partial charge in [-0.3, -0.25) is 4.98 Å². The molecule has 2 N–H and O–H groups in total. The third-order valence-corrected chi connectivity index (χ3v) is 3.44. The van der Waals surface area contributed by atoms with Crippen molar-refractivity contribution in [3.63, 3.8) is 0 Å². The van der Waals surface area contributed by atoms with Gasteiger partial charge in [0.1, 0.15) is 0 Å². The van der Waals surface area contributed by atoms with E-state index in [1.165, 1.54) is 12.8 Å². The molecule has 3 nitrogen and oxygen atoms in total. The van der Waals surface area contributed by atoms with E-state index in [1.54, 1.807) is 6.20 Å². The quantitative estimate of drug-likeness (QED) is 0.820. The van der Waals surface area contributed by atoms with Gasteiger partial charge in [0.25, 0.3) is 0 Å². The average molecular weight is 227 g/mol. The summed E-state index contributed by atoms with van der Waals surface area (Å²) >= 11 is 0. The molecule has 1 fully saturated rings. The van der Waals surface area contributed by atoms with Gasteiger partial charge in [-0.2, -0.15) is 0 Å². The second-order valence-corrected chi connectivity index (χ2v) is 4.89. The molecule has 1 aliphatic rings. The molecule has 1 saturated carbocycles. The summed E-state index contributed by atoms with van der Waals surface area (Å²) in [7, 11) is 2.12. The Morgan fingerprint density at radius 3 is 2.94 bits per heavy atom. The lowest BCUT2D eigenvalue weighted by Crippen LogP contribution is -2.21. The Bertz CT molecular complexity index is 546. The van der Waals surface area contributed by atoms with Gasteiger partial charge in [-0.15, -0.1) is 0 Å². The first-order chi connectivity index (χ1) is 8.25. The lowest BCUT2D eigenvalue weighted by Gasteiger charge is -2.21. The van der Waals surface area contributed by atoms with Crippen LogP contribution in [0.3, 0.4) is 0 Å². The SMILES string of the molecule is CN(CC1CC1)c1ccc2ncccc2c1N. The Morgan fingerprint density at radius 2 is 2.18 bits per heavy atom. The highest BCUT2D eigenvalue weighted by Crippen LogP contribution is 2.34. The molecule has 0 unspecified atom stereocenters. The molecule has 0 saturated heterocycles. The molecule has 0 spiro atoms. The van der Waals surface area contributed by atoms with Crippen LogP contribution in [0.15, 0.2) is 30.5 Å². The van der Waals surface area contributed by atoms with E-state index in [1.807, 2.05) is 18.2 Å². The Hall–Kier alpha value is -1.77.